The van der Waals surface area contributed by atoms with Gasteiger partial charge in [-0.05, 0) is 36.8 Å². The summed E-state index contributed by atoms with van der Waals surface area (Å²) in [6, 6.07) is 13.5. The molecule has 0 unspecified atom stereocenters. The highest BCUT2D eigenvalue weighted by Gasteiger charge is 2.14. The molecule has 0 bridgehead atoms. The van der Waals surface area contributed by atoms with Crippen molar-refractivity contribution >= 4 is 40.2 Å². The summed E-state index contributed by atoms with van der Waals surface area (Å²) in [7, 11) is 1.58. The normalized spacial score (nSPS) is 11.2. The number of thioether (sulfide) groups is 1. The zero-order valence-electron chi connectivity index (χ0n) is 14.3. The number of carbonyl (C=O) groups is 1. The van der Waals surface area contributed by atoms with Gasteiger partial charge < -0.3 is 10.1 Å². The molecule has 2 N–H and O–H groups in total. The number of para-hydroxylation sites is 2. The minimum absolute atomic E-state index is 0.125. The number of anilines is 1. The number of amides is 1. The first-order valence-corrected chi connectivity index (χ1v) is 9.03. The monoisotopic (exact) mass is 367 g/mol. The summed E-state index contributed by atoms with van der Waals surface area (Å²) in [6.45, 7) is 1.97. The van der Waals surface area contributed by atoms with Crippen molar-refractivity contribution < 1.29 is 9.53 Å². The Bertz CT molecular complexity index is 1100. The van der Waals surface area contributed by atoms with Gasteiger partial charge in [-0.1, -0.05) is 30.0 Å². The molecule has 4 aromatic rings. The van der Waals surface area contributed by atoms with Crippen LogP contribution in [0.5, 0.6) is 5.75 Å². The number of aryl methyl sites for hydroxylation is 1. The van der Waals surface area contributed by atoms with Crippen LogP contribution in [0.15, 0.2) is 47.6 Å². The lowest BCUT2D eigenvalue weighted by atomic mass is 10.2. The van der Waals surface area contributed by atoms with Crippen LogP contribution < -0.4 is 10.1 Å². The summed E-state index contributed by atoms with van der Waals surface area (Å²) in [6.07, 6.45) is 0. The van der Waals surface area contributed by atoms with Gasteiger partial charge in [0.1, 0.15) is 5.75 Å². The predicted molar refractivity (Wildman–Crippen MR) is 102 cm³/mol. The smallest absolute Gasteiger partial charge is 0.234 e. The number of hydrogen-bond acceptors (Lipinski definition) is 5. The van der Waals surface area contributed by atoms with Crippen LogP contribution >= 0.6 is 11.8 Å². The summed E-state index contributed by atoms with van der Waals surface area (Å²) >= 11 is 1.35. The summed E-state index contributed by atoms with van der Waals surface area (Å²) in [4.78, 5) is 16.9. The van der Waals surface area contributed by atoms with Crippen LogP contribution in [0.3, 0.4) is 0 Å². The molecule has 8 heteroatoms. The quantitative estimate of drug-likeness (QED) is 0.529. The first kappa shape index (κ1) is 16.5. The Balaban J connectivity index is 1.52. The number of ether oxygens (including phenoxy) is 1. The van der Waals surface area contributed by atoms with Gasteiger partial charge in [-0.15, -0.1) is 5.10 Å². The minimum atomic E-state index is -0.125. The predicted octanol–water partition coefficient (Wildman–Crippen LogP) is 3.26. The van der Waals surface area contributed by atoms with Gasteiger partial charge in [0, 0.05) is 0 Å². The van der Waals surface area contributed by atoms with E-state index in [-0.39, 0.29) is 11.7 Å². The van der Waals surface area contributed by atoms with Crippen molar-refractivity contribution in [3.8, 4) is 5.75 Å². The van der Waals surface area contributed by atoms with E-state index in [1.807, 2.05) is 53.8 Å². The first-order valence-electron chi connectivity index (χ1n) is 8.04. The van der Waals surface area contributed by atoms with E-state index in [1.165, 1.54) is 11.8 Å². The molecule has 2 aromatic carbocycles. The third-order valence-electron chi connectivity index (χ3n) is 3.97. The van der Waals surface area contributed by atoms with Gasteiger partial charge >= 0.3 is 0 Å². The lowest BCUT2D eigenvalue weighted by Crippen LogP contribution is -2.15. The lowest BCUT2D eigenvalue weighted by Gasteiger charge is -2.10. The van der Waals surface area contributed by atoms with E-state index < -0.39 is 0 Å². The van der Waals surface area contributed by atoms with Crippen LogP contribution in [-0.2, 0) is 4.79 Å². The number of benzene rings is 2. The van der Waals surface area contributed by atoms with Gasteiger partial charge in [0.25, 0.3) is 0 Å². The highest BCUT2D eigenvalue weighted by molar-refractivity contribution is 7.99. The zero-order chi connectivity index (χ0) is 18.1. The number of nitrogens with zero attached hydrogens (tertiary/aromatic N) is 3. The summed E-state index contributed by atoms with van der Waals surface area (Å²) in [5.41, 5.74) is 3.56. The standard InChI is InChI=1S/C18H17N5O2S/c1-11-7-8-15(25-2)13(9-11)19-16(24)10-26-18-22-21-17-20-12-5-3-4-6-14(12)23(17)18/h3-9H,10H2,1-2H3,(H,19,24)(H,20,21). The van der Waals surface area contributed by atoms with Crippen LogP contribution in [0.25, 0.3) is 16.8 Å². The molecule has 0 aliphatic rings. The molecule has 7 nitrogen and oxygen atoms in total. The van der Waals surface area contributed by atoms with E-state index in [2.05, 4.69) is 20.5 Å². The molecule has 0 fully saturated rings. The van der Waals surface area contributed by atoms with Gasteiger partial charge in [0.15, 0.2) is 5.16 Å². The van der Waals surface area contributed by atoms with E-state index in [9.17, 15) is 4.79 Å². The molecule has 0 aliphatic heterocycles. The number of H-pyrrole nitrogens is 1. The maximum Gasteiger partial charge on any atom is 0.234 e. The van der Waals surface area contributed by atoms with E-state index in [0.717, 1.165) is 16.6 Å². The number of hydrogen-bond donors (Lipinski definition) is 2. The van der Waals surface area contributed by atoms with Gasteiger partial charge in [-0.2, -0.15) is 0 Å². The van der Waals surface area contributed by atoms with E-state index in [4.69, 9.17) is 4.74 Å². The molecule has 0 spiro atoms. The van der Waals surface area contributed by atoms with Crippen molar-refractivity contribution in [3.05, 3.63) is 48.0 Å². The number of aromatic nitrogens is 4. The molecule has 1 amide bonds. The number of aromatic amines is 1. The van der Waals surface area contributed by atoms with Crippen molar-refractivity contribution in [2.24, 2.45) is 0 Å². The van der Waals surface area contributed by atoms with Crippen LogP contribution in [0, 0.1) is 6.92 Å². The fourth-order valence-corrected chi connectivity index (χ4v) is 3.53. The van der Waals surface area contributed by atoms with Gasteiger partial charge in [-0.3, -0.25) is 9.20 Å². The molecule has 26 heavy (non-hydrogen) atoms. The van der Waals surface area contributed by atoms with Crippen LogP contribution in [0.1, 0.15) is 5.56 Å². The van der Waals surface area contributed by atoms with Crippen molar-refractivity contribution in [1.29, 1.82) is 0 Å². The summed E-state index contributed by atoms with van der Waals surface area (Å²) in [5, 5.41) is 10.8. The number of methoxy groups -OCH3 is 1. The minimum Gasteiger partial charge on any atom is -0.495 e. The van der Waals surface area contributed by atoms with Crippen LogP contribution in [0.4, 0.5) is 5.69 Å². The van der Waals surface area contributed by atoms with Gasteiger partial charge in [-0.25, -0.2) is 10.1 Å². The van der Waals surface area contributed by atoms with E-state index in [0.29, 0.717) is 22.4 Å². The summed E-state index contributed by atoms with van der Waals surface area (Å²) in [5.74, 6) is 1.40. The molecule has 4 rings (SSSR count). The topological polar surface area (TPSA) is 84.3 Å². The van der Waals surface area contributed by atoms with Crippen molar-refractivity contribution in [2.75, 3.05) is 18.2 Å². The first-order chi connectivity index (χ1) is 12.7. The fourth-order valence-electron chi connectivity index (χ4n) is 2.78. The Kier molecular flexibility index (Phi) is 4.26. The molecule has 2 heterocycles. The largest absolute Gasteiger partial charge is 0.495 e. The van der Waals surface area contributed by atoms with Gasteiger partial charge in [0.2, 0.25) is 11.7 Å². The Labute approximate surface area is 153 Å². The average Bonchev–Trinajstić information content (AvgIpc) is 3.19. The Morgan fingerprint density at radius 1 is 1.31 bits per heavy atom. The molecule has 2 aromatic heterocycles. The number of nitrogens with one attached hydrogen (secondary N) is 2. The number of fused-ring (bicyclic) bond motifs is 3. The summed E-state index contributed by atoms with van der Waals surface area (Å²) < 4.78 is 7.21. The number of rotatable bonds is 5. The SMILES string of the molecule is COc1ccc(C)cc1NC(=O)CSc1n[nH]c2nc3ccccc3n12. The third-order valence-corrected chi connectivity index (χ3v) is 4.90. The van der Waals surface area contributed by atoms with E-state index >= 15 is 0 Å². The molecule has 0 saturated heterocycles. The van der Waals surface area contributed by atoms with Crippen LogP contribution in [0.2, 0.25) is 0 Å². The molecular weight excluding hydrogens is 350 g/mol. The van der Waals surface area contributed by atoms with Crippen molar-refractivity contribution in [1.82, 2.24) is 19.6 Å². The average molecular weight is 367 g/mol. The molecule has 0 saturated carbocycles. The maximum atomic E-state index is 12.4. The molecule has 132 valence electrons. The molecule has 0 atom stereocenters. The Hall–Kier alpha value is -3.00. The van der Waals surface area contributed by atoms with Crippen molar-refractivity contribution in [3.63, 3.8) is 0 Å². The molecule has 0 radical (unpaired) electrons. The zero-order valence-corrected chi connectivity index (χ0v) is 15.1. The Morgan fingerprint density at radius 3 is 3.00 bits per heavy atom. The highest BCUT2D eigenvalue weighted by atomic mass is 32.2. The Morgan fingerprint density at radius 2 is 2.15 bits per heavy atom. The van der Waals surface area contributed by atoms with Crippen LogP contribution in [-0.4, -0.2) is 38.4 Å². The second-order valence-corrected chi connectivity index (χ2v) is 6.75. The number of carbonyl (C=O) groups excluding carboxylic acids is 1. The second kappa shape index (κ2) is 6.72. The fraction of sp³-hybridized carbons (Fsp3) is 0.167. The highest BCUT2D eigenvalue weighted by Crippen LogP contribution is 2.26. The molecule has 0 aliphatic carbocycles. The van der Waals surface area contributed by atoms with Crippen molar-refractivity contribution in [2.45, 2.75) is 12.1 Å². The van der Waals surface area contributed by atoms with E-state index in [1.54, 1.807) is 7.11 Å². The maximum absolute atomic E-state index is 12.4. The second-order valence-electron chi connectivity index (χ2n) is 5.81. The number of imidazole rings is 1. The lowest BCUT2D eigenvalue weighted by molar-refractivity contribution is -0.113. The van der Waals surface area contributed by atoms with Gasteiger partial charge in [0.05, 0.1) is 29.6 Å². The third kappa shape index (κ3) is 2.99. The molecular formula is C18H17N5O2S.